The second kappa shape index (κ2) is 10.1. The van der Waals surface area contributed by atoms with Gasteiger partial charge >= 0.3 is 0 Å². The monoisotopic (exact) mass is 303 g/mol. The molecule has 0 aromatic rings. The van der Waals surface area contributed by atoms with Crippen LogP contribution in [0.1, 0.15) is 34.1 Å². The maximum Gasteiger partial charge on any atom is 0.237 e. The predicted molar refractivity (Wildman–Crippen MR) is 85.3 cm³/mol. The fourth-order valence-corrected chi connectivity index (χ4v) is 2.77. The second-order valence-electron chi connectivity index (χ2n) is 5.81. The lowest BCUT2D eigenvalue weighted by molar-refractivity contribution is -0.124. The molecule has 0 bridgehead atoms. The van der Waals surface area contributed by atoms with Crippen LogP contribution in [0.15, 0.2) is 0 Å². The van der Waals surface area contributed by atoms with E-state index in [0.717, 1.165) is 6.54 Å². The van der Waals surface area contributed by atoms with E-state index in [2.05, 4.69) is 24.1 Å². The van der Waals surface area contributed by atoms with Gasteiger partial charge in [0.2, 0.25) is 5.91 Å². The third kappa shape index (κ3) is 6.74. The second-order valence-corrected chi connectivity index (χ2v) is 5.81. The van der Waals surface area contributed by atoms with Gasteiger partial charge in [-0.05, 0) is 33.7 Å². The minimum atomic E-state index is -0.702. The topological polar surface area (TPSA) is 76.8 Å². The van der Waals surface area contributed by atoms with Crippen LogP contribution in [-0.2, 0) is 14.3 Å². The zero-order valence-corrected chi connectivity index (χ0v) is 14.4. The summed E-state index contributed by atoms with van der Waals surface area (Å²) in [5, 5.41) is 3.21. The minimum absolute atomic E-state index is 0.182. The van der Waals surface area contributed by atoms with Crippen LogP contribution in [0.3, 0.4) is 0 Å². The van der Waals surface area contributed by atoms with E-state index in [9.17, 15) is 4.79 Å². The summed E-state index contributed by atoms with van der Waals surface area (Å²) in [6.07, 6.45) is 0.647. The van der Waals surface area contributed by atoms with Crippen LogP contribution in [0.2, 0.25) is 0 Å². The number of carbonyl (C=O) groups excluding carboxylic acids is 1. The van der Waals surface area contributed by atoms with Crippen LogP contribution < -0.4 is 11.1 Å². The molecule has 126 valence electrons. The van der Waals surface area contributed by atoms with Gasteiger partial charge in [-0.25, -0.2) is 0 Å². The van der Waals surface area contributed by atoms with E-state index in [-0.39, 0.29) is 18.0 Å². The molecule has 6 nitrogen and oxygen atoms in total. The van der Waals surface area contributed by atoms with Crippen molar-refractivity contribution in [3.05, 3.63) is 0 Å². The molecule has 1 amide bonds. The third-order valence-electron chi connectivity index (χ3n) is 3.91. The highest BCUT2D eigenvalue weighted by Crippen LogP contribution is 2.18. The molecule has 0 aliphatic carbocycles. The van der Waals surface area contributed by atoms with E-state index in [1.165, 1.54) is 0 Å². The Hall–Kier alpha value is -0.690. The SMILES string of the molecule is CCNC(C)(CC(C)N(CCOC)C(C)COC)C(N)=O. The van der Waals surface area contributed by atoms with Crippen molar-refractivity contribution in [2.75, 3.05) is 40.5 Å². The molecular formula is C15H33N3O3. The van der Waals surface area contributed by atoms with Crippen LogP contribution in [-0.4, -0.2) is 69.0 Å². The summed E-state index contributed by atoms with van der Waals surface area (Å²) in [5.41, 5.74) is 4.87. The number of hydrogen-bond donors (Lipinski definition) is 2. The number of ether oxygens (including phenoxy) is 2. The van der Waals surface area contributed by atoms with Gasteiger partial charge in [0, 0.05) is 32.8 Å². The Balaban J connectivity index is 4.91. The Morgan fingerprint density at radius 2 is 1.90 bits per heavy atom. The Morgan fingerprint density at radius 3 is 2.33 bits per heavy atom. The van der Waals surface area contributed by atoms with Gasteiger partial charge in [-0.1, -0.05) is 6.92 Å². The first-order valence-electron chi connectivity index (χ1n) is 7.60. The van der Waals surface area contributed by atoms with Gasteiger partial charge in [0.15, 0.2) is 0 Å². The Kier molecular flexibility index (Phi) is 9.77. The van der Waals surface area contributed by atoms with E-state index < -0.39 is 5.54 Å². The molecule has 3 N–H and O–H groups in total. The Bertz CT molecular complexity index is 302. The average Bonchev–Trinajstić information content (AvgIpc) is 2.39. The Morgan fingerprint density at radius 1 is 1.29 bits per heavy atom. The van der Waals surface area contributed by atoms with Gasteiger partial charge in [-0.2, -0.15) is 0 Å². The van der Waals surface area contributed by atoms with Crippen LogP contribution in [0, 0.1) is 0 Å². The van der Waals surface area contributed by atoms with Crippen LogP contribution in [0.5, 0.6) is 0 Å². The number of rotatable bonds is 12. The molecule has 3 unspecified atom stereocenters. The van der Waals surface area contributed by atoms with Crippen molar-refractivity contribution in [3.63, 3.8) is 0 Å². The van der Waals surface area contributed by atoms with Crippen LogP contribution >= 0.6 is 0 Å². The van der Waals surface area contributed by atoms with E-state index in [0.29, 0.717) is 26.2 Å². The van der Waals surface area contributed by atoms with Crippen molar-refractivity contribution < 1.29 is 14.3 Å². The van der Waals surface area contributed by atoms with Crippen molar-refractivity contribution in [1.82, 2.24) is 10.2 Å². The highest BCUT2D eigenvalue weighted by molar-refractivity contribution is 5.84. The number of nitrogens with two attached hydrogens (primary N) is 1. The minimum Gasteiger partial charge on any atom is -0.383 e. The standard InChI is InChI=1S/C15H33N3O3/c1-7-17-15(4,14(16)19)10-12(2)18(8-9-20-5)13(3)11-21-6/h12-13,17H,7-11H2,1-6H3,(H2,16,19). The number of likely N-dealkylation sites (N-methyl/N-ethyl adjacent to an activating group) is 1. The number of nitrogens with one attached hydrogen (secondary N) is 1. The average molecular weight is 303 g/mol. The molecule has 0 aromatic heterocycles. The smallest absolute Gasteiger partial charge is 0.237 e. The van der Waals surface area contributed by atoms with E-state index in [4.69, 9.17) is 15.2 Å². The normalized spacial score (nSPS) is 17.5. The van der Waals surface area contributed by atoms with Crippen LogP contribution in [0.4, 0.5) is 0 Å². The largest absolute Gasteiger partial charge is 0.383 e. The summed E-state index contributed by atoms with van der Waals surface area (Å²) in [5.74, 6) is -0.317. The molecule has 0 rings (SSSR count). The first-order valence-corrected chi connectivity index (χ1v) is 7.60. The van der Waals surface area contributed by atoms with Gasteiger partial charge in [0.25, 0.3) is 0 Å². The molecule has 3 atom stereocenters. The van der Waals surface area contributed by atoms with Gasteiger partial charge in [-0.3, -0.25) is 9.69 Å². The van der Waals surface area contributed by atoms with Crippen molar-refractivity contribution in [2.45, 2.75) is 51.7 Å². The lowest BCUT2D eigenvalue weighted by Gasteiger charge is -2.38. The van der Waals surface area contributed by atoms with E-state index in [1.807, 2.05) is 13.8 Å². The molecule has 21 heavy (non-hydrogen) atoms. The molecule has 6 heteroatoms. The number of hydrogen-bond acceptors (Lipinski definition) is 5. The van der Waals surface area contributed by atoms with Gasteiger partial charge in [0.1, 0.15) is 0 Å². The summed E-state index contributed by atoms with van der Waals surface area (Å²) in [6.45, 7) is 10.9. The lowest BCUT2D eigenvalue weighted by Crippen LogP contribution is -2.57. The summed E-state index contributed by atoms with van der Waals surface area (Å²) in [4.78, 5) is 14.1. The van der Waals surface area contributed by atoms with Crippen molar-refractivity contribution in [2.24, 2.45) is 5.73 Å². The quantitative estimate of drug-likeness (QED) is 0.552. The molecular weight excluding hydrogens is 270 g/mol. The molecule has 0 spiro atoms. The van der Waals surface area contributed by atoms with E-state index >= 15 is 0 Å². The lowest BCUT2D eigenvalue weighted by atomic mass is 9.91. The fraction of sp³-hybridized carbons (Fsp3) is 0.933. The zero-order valence-electron chi connectivity index (χ0n) is 14.4. The summed E-state index contributed by atoms with van der Waals surface area (Å²) >= 11 is 0. The molecule has 0 aliphatic heterocycles. The third-order valence-corrected chi connectivity index (χ3v) is 3.91. The molecule has 0 aliphatic rings. The first kappa shape index (κ1) is 20.3. The highest BCUT2D eigenvalue weighted by atomic mass is 16.5. The van der Waals surface area contributed by atoms with Crippen molar-refractivity contribution in [1.29, 1.82) is 0 Å². The van der Waals surface area contributed by atoms with Gasteiger partial charge in [0.05, 0.1) is 18.8 Å². The van der Waals surface area contributed by atoms with Gasteiger partial charge < -0.3 is 20.5 Å². The van der Waals surface area contributed by atoms with Crippen molar-refractivity contribution in [3.8, 4) is 0 Å². The summed E-state index contributed by atoms with van der Waals surface area (Å²) < 4.78 is 10.4. The fourth-order valence-electron chi connectivity index (χ4n) is 2.77. The summed E-state index contributed by atoms with van der Waals surface area (Å²) in [7, 11) is 3.39. The van der Waals surface area contributed by atoms with Crippen molar-refractivity contribution >= 4 is 5.91 Å². The van der Waals surface area contributed by atoms with E-state index in [1.54, 1.807) is 14.2 Å². The molecule has 0 heterocycles. The molecule has 0 radical (unpaired) electrons. The maximum absolute atomic E-state index is 11.8. The number of nitrogens with zero attached hydrogens (tertiary/aromatic N) is 1. The number of carbonyl (C=O) groups is 1. The van der Waals surface area contributed by atoms with Gasteiger partial charge in [-0.15, -0.1) is 0 Å². The number of primary amides is 1. The Labute approximate surface area is 129 Å². The van der Waals surface area contributed by atoms with Crippen LogP contribution in [0.25, 0.3) is 0 Å². The molecule has 0 saturated heterocycles. The molecule has 0 fully saturated rings. The first-order chi connectivity index (χ1) is 9.82. The highest BCUT2D eigenvalue weighted by Gasteiger charge is 2.34. The zero-order chi connectivity index (χ0) is 16.5. The molecule has 0 aromatic carbocycles. The number of amides is 1. The summed E-state index contributed by atoms with van der Waals surface area (Å²) in [6, 6.07) is 0.431. The maximum atomic E-state index is 11.8. The number of methoxy groups -OCH3 is 2. The predicted octanol–water partition coefficient (Wildman–Crippen LogP) is 0.602. The molecule has 0 saturated carbocycles.